The van der Waals surface area contributed by atoms with Crippen molar-refractivity contribution in [1.82, 2.24) is 14.0 Å². The van der Waals surface area contributed by atoms with Gasteiger partial charge in [-0.15, -0.1) is 11.3 Å². The molecular formula is C14H13BrClFN4O3S2. The van der Waals surface area contributed by atoms with E-state index < -0.39 is 34.0 Å². The minimum absolute atomic E-state index is 0.139. The average Bonchev–Trinajstić information content (AvgIpc) is 2.99. The highest BCUT2D eigenvalue weighted by atomic mass is 79.9. The summed E-state index contributed by atoms with van der Waals surface area (Å²) in [5.74, 6) is -1.15. The van der Waals surface area contributed by atoms with Gasteiger partial charge in [-0.2, -0.15) is 17.4 Å². The maximum atomic E-state index is 13.2. The number of carbonyl (C=O) groups is 1. The molecule has 1 saturated heterocycles. The topological polar surface area (TPSA) is 91.4 Å². The molecule has 2 N–H and O–H groups in total. The van der Waals surface area contributed by atoms with Gasteiger partial charge >= 0.3 is 0 Å². The Morgan fingerprint density at radius 1 is 1.54 bits per heavy atom. The van der Waals surface area contributed by atoms with E-state index in [4.69, 9.17) is 11.6 Å². The molecule has 0 saturated carbocycles. The summed E-state index contributed by atoms with van der Waals surface area (Å²) in [6, 6.07) is 2.15. The molecule has 3 rings (SSSR count). The lowest BCUT2D eigenvalue weighted by Gasteiger charge is -2.35. The second-order valence-electron chi connectivity index (χ2n) is 5.56. The quantitative estimate of drug-likeness (QED) is 0.702. The molecule has 26 heavy (non-hydrogen) atoms. The highest BCUT2D eigenvalue weighted by Gasteiger charge is 2.41. The Balaban J connectivity index is 1.83. The molecule has 7 nitrogen and oxygen atoms in total. The van der Waals surface area contributed by atoms with Crippen LogP contribution >= 0.6 is 38.9 Å². The summed E-state index contributed by atoms with van der Waals surface area (Å²) in [6.07, 6.45) is 1.76. The maximum absolute atomic E-state index is 13.2. The van der Waals surface area contributed by atoms with Gasteiger partial charge in [0.05, 0.1) is 21.0 Å². The molecule has 12 heteroatoms. The van der Waals surface area contributed by atoms with Crippen molar-refractivity contribution < 1.29 is 17.6 Å². The van der Waals surface area contributed by atoms with Crippen LogP contribution in [0.15, 0.2) is 28.2 Å². The van der Waals surface area contributed by atoms with E-state index in [1.165, 1.54) is 30.5 Å². The van der Waals surface area contributed by atoms with Crippen molar-refractivity contribution in [2.24, 2.45) is 0 Å². The molecule has 1 fully saturated rings. The number of likely N-dealkylation sites (N-methyl/N-ethyl adjacent to an activating group) is 1. The fourth-order valence-corrected chi connectivity index (χ4v) is 5.31. The van der Waals surface area contributed by atoms with E-state index in [-0.39, 0.29) is 17.1 Å². The normalized spacial score (nSPS) is 22.9. The molecule has 1 amide bonds. The van der Waals surface area contributed by atoms with Gasteiger partial charge in [0.2, 0.25) is 5.91 Å². The van der Waals surface area contributed by atoms with Crippen LogP contribution in [-0.2, 0) is 15.0 Å². The smallest absolute Gasteiger partial charge is 0.280 e. The van der Waals surface area contributed by atoms with Crippen LogP contribution in [-0.4, -0.2) is 36.7 Å². The van der Waals surface area contributed by atoms with Crippen molar-refractivity contribution in [3.8, 4) is 0 Å². The van der Waals surface area contributed by atoms with Gasteiger partial charge in [0.1, 0.15) is 16.9 Å². The second-order valence-corrected chi connectivity index (χ2v) is 10.2. The number of carbonyl (C=O) groups excluding carboxylic acids is 1. The molecule has 2 unspecified atom stereocenters. The molecule has 1 aromatic carbocycles. The number of halogens is 3. The summed E-state index contributed by atoms with van der Waals surface area (Å²) in [5.41, 5.74) is 0.277. The lowest BCUT2D eigenvalue weighted by atomic mass is 10.1. The number of thiazole rings is 1. The van der Waals surface area contributed by atoms with Crippen molar-refractivity contribution in [3.63, 3.8) is 0 Å². The van der Waals surface area contributed by atoms with Gasteiger partial charge < -0.3 is 5.32 Å². The number of nitrogens with one attached hydrogen (secondary N) is 2. The molecular weight excluding hydrogens is 471 g/mol. The van der Waals surface area contributed by atoms with Gasteiger partial charge in [0.15, 0.2) is 0 Å². The number of amides is 1. The van der Waals surface area contributed by atoms with Crippen LogP contribution in [0.5, 0.6) is 0 Å². The number of hydrogen-bond acceptors (Lipinski definition) is 5. The minimum Gasteiger partial charge on any atom is -0.325 e. The van der Waals surface area contributed by atoms with E-state index >= 15 is 0 Å². The molecule has 0 bridgehead atoms. The highest BCUT2D eigenvalue weighted by molar-refractivity contribution is 9.11. The summed E-state index contributed by atoms with van der Waals surface area (Å²) in [4.78, 5) is 16.8. The fourth-order valence-electron chi connectivity index (χ4n) is 2.50. The zero-order chi connectivity index (χ0) is 19.1. The zero-order valence-corrected chi connectivity index (χ0v) is 17.2. The monoisotopic (exact) mass is 482 g/mol. The molecule has 1 aliphatic heterocycles. The van der Waals surface area contributed by atoms with Crippen molar-refractivity contribution in [2.45, 2.75) is 18.5 Å². The number of aromatic nitrogens is 1. The van der Waals surface area contributed by atoms with Gasteiger partial charge in [-0.05, 0) is 40.5 Å². The highest BCUT2D eigenvalue weighted by Crippen LogP contribution is 2.32. The van der Waals surface area contributed by atoms with Crippen molar-refractivity contribution in [1.29, 1.82) is 0 Å². The average molecular weight is 484 g/mol. The summed E-state index contributed by atoms with van der Waals surface area (Å²) in [6.45, 7) is 0. The van der Waals surface area contributed by atoms with Crippen LogP contribution in [0.1, 0.15) is 17.5 Å². The first kappa shape index (κ1) is 19.6. The first-order valence-corrected chi connectivity index (χ1v) is 10.7. The van der Waals surface area contributed by atoms with Gasteiger partial charge in [0.25, 0.3) is 10.2 Å². The van der Waals surface area contributed by atoms with Crippen molar-refractivity contribution in [2.75, 3.05) is 12.4 Å². The van der Waals surface area contributed by atoms with Crippen LogP contribution < -0.4 is 10.0 Å². The molecule has 2 heterocycles. The van der Waals surface area contributed by atoms with E-state index in [1.807, 2.05) is 0 Å². The largest absolute Gasteiger partial charge is 0.325 e. The van der Waals surface area contributed by atoms with Crippen LogP contribution in [0.3, 0.4) is 0 Å². The van der Waals surface area contributed by atoms with Gasteiger partial charge in [-0.1, -0.05) is 11.6 Å². The van der Waals surface area contributed by atoms with E-state index in [2.05, 4.69) is 31.0 Å². The van der Waals surface area contributed by atoms with Crippen LogP contribution in [0.4, 0.5) is 10.1 Å². The number of rotatable bonds is 3. The third-order valence-electron chi connectivity index (χ3n) is 3.85. The Bertz CT molecular complexity index is 955. The molecule has 0 radical (unpaired) electrons. The summed E-state index contributed by atoms with van der Waals surface area (Å²) in [7, 11) is -2.55. The third-order valence-corrected chi connectivity index (χ3v) is 7.33. The Morgan fingerprint density at radius 3 is 2.88 bits per heavy atom. The van der Waals surface area contributed by atoms with Crippen LogP contribution in [0.2, 0.25) is 5.02 Å². The number of nitrogens with zero attached hydrogens (tertiary/aromatic N) is 2. The molecule has 0 spiro atoms. The van der Waals surface area contributed by atoms with E-state index in [0.29, 0.717) is 5.01 Å². The van der Waals surface area contributed by atoms with Crippen molar-refractivity contribution >= 4 is 60.7 Å². The number of anilines is 1. The minimum atomic E-state index is -3.86. The summed E-state index contributed by atoms with van der Waals surface area (Å²) >= 11 is 10.3. The molecule has 1 aliphatic rings. The molecule has 140 valence electrons. The number of benzene rings is 1. The zero-order valence-electron chi connectivity index (χ0n) is 13.2. The fraction of sp³-hybridized carbons (Fsp3) is 0.286. The van der Waals surface area contributed by atoms with Crippen LogP contribution in [0, 0.1) is 5.82 Å². The van der Waals surface area contributed by atoms with E-state index in [1.54, 1.807) is 6.20 Å². The lowest BCUT2D eigenvalue weighted by Crippen LogP contribution is -2.55. The Kier molecular flexibility index (Phi) is 5.66. The van der Waals surface area contributed by atoms with E-state index in [0.717, 1.165) is 14.2 Å². The Labute approximate surface area is 166 Å². The van der Waals surface area contributed by atoms with Crippen molar-refractivity contribution in [3.05, 3.63) is 44.0 Å². The predicted octanol–water partition coefficient (Wildman–Crippen LogP) is 2.92. The van der Waals surface area contributed by atoms with Crippen LogP contribution in [0.25, 0.3) is 0 Å². The molecule has 2 atom stereocenters. The van der Waals surface area contributed by atoms with Gasteiger partial charge in [-0.3, -0.25) is 4.79 Å². The first-order chi connectivity index (χ1) is 12.2. The Hall–Kier alpha value is -1.11. The molecule has 1 aromatic heterocycles. The second kappa shape index (κ2) is 7.49. The maximum Gasteiger partial charge on any atom is 0.280 e. The summed E-state index contributed by atoms with van der Waals surface area (Å²) in [5, 5.41) is 2.99. The predicted molar refractivity (Wildman–Crippen MR) is 101 cm³/mol. The Morgan fingerprint density at radius 2 is 2.27 bits per heavy atom. The lowest BCUT2D eigenvalue weighted by molar-refractivity contribution is -0.120. The molecule has 0 aliphatic carbocycles. The SMILES string of the molecule is CN1C(C(=O)Nc2ccc(F)c(Cl)c2)CC(c2ncc(Br)s2)NS1(=O)=O. The van der Waals surface area contributed by atoms with Gasteiger partial charge in [0, 0.05) is 12.7 Å². The van der Waals surface area contributed by atoms with E-state index in [9.17, 15) is 17.6 Å². The number of hydrogen-bond donors (Lipinski definition) is 2. The third kappa shape index (κ3) is 4.07. The van der Waals surface area contributed by atoms with Gasteiger partial charge in [-0.25, -0.2) is 9.37 Å². The molecule has 2 aromatic rings. The standard InChI is InChI=1S/C14H13BrClFN4O3S2/c1-21-11(13(22)19-7-2-3-9(17)8(16)4-7)5-10(20-26(21,23)24)14-18-6-12(15)25-14/h2-4,6,10-11,20H,5H2,1H3,(H,19,22). The first-order valence-electron chi connectivity index (χ1n) is 7.30. The summed E-state index contributed by atoms with van der Waals surface area (Å²) < 4.78 is 42.2.